The average molecular weight is 522 g/mol. The molecular weight excluding hydrogens is 490 g/mol. The molecule has 0 aliphatic carbocycles. The quantitative estimate of drug-likeness (QED) is 0.423. The number of methoxy groups -OCH3 is 1. The van der Waals surface area contributed by atoms with Crippen LogP contribution in [0.15, 0.2) is 63.5 Å². The van der Waals surface area contributed by atoms with Gasteiger partial charge in [-0.3, -0.25) is 9.36 Å². The number of benzene rings is 2. The van der Waals surface area contributed by atoms with E-state index in [-0.39, 0.29) is 12.2 Å². The molecule has 0 saturated carbocycles. The Bertz CT molecular complexity index is 1520. The average Bonchev–Trinajstić information content (AvgIpc) is 3.18. The first kappa shape index (κ1) is 26.2. The fourth-order valence-electron chi connectivity index (χ4n) is 4.31. The molecular formula is C28H31N3O5S. The number of hydrogen-bond donors (Lipinski definition) is 0. The molecule has 2 aromatic carbocycles. The highest BCUT2D eigenvalue weighted by Crippen LogP contribution is 2.40. The standard InChI is InChI=1S/C28H31N3O5S/c1-7-35-25-20(10-9-11-21(25)34-6)24-23(27(33)36-8-2)17(3)29-28-31(24)26(32)22(37-28)16-18-12-14-19(15-13-18)30(4)5/h9-16,24H,7-8H2,1-6H3/b22-16-/t24-/m0/s1. The number of carbonyl (C=O) groups is 1. The molecule has 4 rings (SSSR count). The minimum atomic E-state index is -0.787. The Balaban J connectivity index is 1.97. The van der Waals surface area contributed by atoms with Crippen LogP contribution in [0.4, 0.5) is 5.69 Å². The van der Waals surface area contributed by atoms with Crippen molar-refractivity contribution in [2.24, 2.45) is 4.99 Å². The van der Waals surface area contributed by atoms with Crippen LogP contribution in [0.25, 0.3) is 6.08 Å². The van der Waals surface area contributed by atoms with Gasteiger partial charge in [-0.05, 0) is 50.6 Å². The first-order valence-electron chi connectivity index (χ1n) is 12.1. The molecule has 0 radical (unpaired) electrons. The van der Waals surface area contributed by atoms with E-state index in [1.165, 1.54) is 11.3 Å². The minimum Gasteiger partial charge on any atom is -0.493 e. The Hall–Kier alpha value is -3.85. The van der Waals surface area contributed by atoms with Gasteiger partial charge in [0.1, 0.15) is 6.04 Å². The number of rotatable bonds is 8. The van der Waals surface area contributed by atoms with Gasteiger partial charge in [-0.25, -0.2) is 9.79 Å². The largest absolute Gasteiger partial charge is 0.493 e. The number of para-hydroxylation sites is 1. The monoisotopic (exact) mass is 521 g/mol. The second-order valence-electron chi connectivity index (χ2n) is 8.60. The Morgan fingerprint density at radius 1 is 1.14 bits per heavy atom. The third-order valence-corrected chi connectivity index (χ3v) is 7.02. The lowest BCUT2D eigenvalue weighted by atomic mass is 9.94. The van der Waals surface area contributed by atoms with Crippen LogP contribution in [0, 0.1) is 0 Å². The van der Waals surface area contributed by atoms with Crippen LogP contribution >= 0.6 is 11.3 Å². The van der Waals surface area contributed by atoms with Gasteiger partial charge in [-0.1, -0.05) is 35.6 Å². The van der Waals surface area contributed by atoms with Crippen LogP contribution in [-0.4, -0.2) is 45.0 Å². The minimum absolute atomic E-state index is 0.201. The Morgan fingerprint density at radius 3 is 2.49 bits per heavy atom. The number of fused-ring (bicyclic) bond motifs is 1. The maximum Gasteiger partial charge on any atom is 0.338 e. The van der Waals surface area contributed by atoms with E-state index in [9.17, 15) is 9.59 Å². The lowest BCUT2D eigenvalue weighted by molar-refractivity contribution is -0.139. The molecule has 194 valence electrons. The van der Waals surface area contributed by atoms with E-state index in [4.69, 9.17) is 14.2 Å². The highest BCUT2D eigenvalue weighted by atomic mass is 32.1. The van der Waals surface area contributed by atoms with Gasteiger partial charge in [0, 0.05) is 25.3 Å². The van der Waals surface area contributed by atoms with Gasteiger partial charge >= 0.3 is 5.97 Å². The SMILES string of the molecule is CCOC(=O)C1=C(C)N=c2s/c(=C\c3ccc(N(C)C)cc3)c(=O)n2[C@H]1c1cccc(OC)c1OCC. The lowest BCUT2D eigenvalue weighted by Gasteiger charge is -2.26. The summed E-state index contributed by atoms with van der Waals surface area (Å²) in [5.74, 6) is 0.468. The van der Waals surface area contributed by atoms with Gasteiger partial charge in [-0.2, -0.15) is 0 Å². The van der Waals surface area contributed by atoms with Crippen molar-refractivity contribution in [1.29, 1.82) is 0 Å². The number of carbonyl (C=O) groups excluding carboxylic acids is 1. The highest BCUT2D eigenvalue weighted by molar-refractivity contribution is 7.07. The van der Waals surface area contributed by atoms with Crippen molar-refractivity contribution >= 4 is 29.1 Å². The number of thiazole rings is 1. The zero-order chi connectivity index (χ0) is 26.7. The summed E-state index contributed by atoms with van der Waals surface area (Å²) in [4.78, 5) is 34.2. The van der Waals surface area contributed by atoms with Gasteiger partial charge < -0.3 is 19.1 Å². The molecule has 0 unspecified atom stereocenters. The summed E-state index contributed by atoms with van der Waals surface area (Å²) in [6, 6.07) is 12.6. The molecule has 0 bridgehead atoms. The fraction of sp³-hybridized carbons (Fsp3) is 0.321. The van der Waals surface area contributed by atoms with Crippen molar-refractivity contribution in [2.75, 3.05) is 39.3 Å². The van der Waals surface area contributed by atoms with E-state index in [1.54, 1.807) is 31.6 Å². The second kappa shape index (κ2) is 11.0. The molecule has 37 heavy (non-hydrogen) atoms. The van der Waals surface area contributed by atoms with Gasteiger partial charge in [-0.15, -0.1) is 0 Å². The van der Waals surface area contributed by atoms with Crippen molar-refractivity contribution in [2.45, 2.75) is 26.8 Å². The first-order chi connectivity index (χ1) is 17.8. The number of hydrogen-bond acceptors (Lipinski definition) is 8. The van der Waals surface area contributed by atoms with Crippen molar-refractivity contribution in [3.63, 3.8) is 0 Å². The molecule has 1 aromatic heterocycles. The van der Waals surface area contributed by atoms with E-state index in [0.717, 1.165) is 11.3 Å². The number of allylic oxidation sites excluding steroid dienone is 1. The van der Waals surface area contributed by atoms with Crippen molar-refractivity contribution in [3.8, 4) is 11.5 Å². The number of anilines is 1. The topological polar surface area (TPSA) is 82.4 Å². The van der Waals surface area contributed by atoms with E-state index in [0.29, 0.717) is 44.3 Å². The molecule has 0 fully saturated rings. The zero-order valence-corrected chi connectivity index (χ0v) is 22.7. The summed E-state index contributed by atoms with van der Waals surface area (Å²) in [6.45, 7) is 5.96. The maximum absolute atomic E-state index is 13.9. The Morgan fingerprint density at radius 2 is 1.86 bits per heavy atom. The third-order valence-electron chi connectivity index (χ3n) is 6.04. The first-order valence-corrected chi connectivity index (χ1v) is 12.9. The van der Waals surface area contributed by atoms with Crippen LogP contribution in [0.1, 0.15) is 37.9 Å². The molecule has 3 aromatic rings. The molecule has 0 spiro atoms. The second-order valence-corrected chi connectivity index (χ2v) is 9.61. The highest BCUT2D eigenvalue weighted by Gasteiger charge is 2.35. The van der Waals surface area contributed by atoms with E-state index in [2.05, 4.69) is 4.99 Å². The van der Waals surface area contributed by atoms with Gasteiger partial charge in [0.2, 0.25) is 0 Å². The van der Waals surface area contributed by atoms with Crippen LogP contribution in [0.5, 0.6) is 11.5 Å². The van der Waals surface area contributed by atoms with Crippen LogP contribution < -0.4 is 29.3 Å². The normalized spacial score (nSPS) is 15.2. The summed E-state index contributed by atoms with van der Waals surface area (Å²) in [5.41, 5.74) is 3.13. The molecule has 0 amide bonds. The van der Waals surface area contributed by atoms with Crippen molar-refractivity contribution in [3.05, 3.63) is 84.5 Å². The summed E-state index contributed by atoms with van der Waals surface area (Å²) < 4.78 is 19.0. The molecule has 0 saturated heterocycles. The van der Waals surface area contributed by atoms with Gasteiger partial charge in [0.05, 0.1) is 36.1 Å². The Labute approximate surface area is 219 Å². The van der Waals surface area contributed by atoms with Crippen LogP contribution in [0.2, 0.25) is 0 Å². The van der Waals surface area contributed by atoms with Gasteiger partial charge in [0.15, 0.2) is 16.3 Å². The number of nitrogens with zero attached hydrogens (tertiary/aromatic N) is 3. The number of aromatic nitrogens is 1. The zero-order valence-electron chi connectivity index (χ0n) is 21.9. The van der Waals surface area contributed by atoms with Gasteiger partial charge in [0.25, 0.3) is 5.56 Å². The maximum atomic E-state index is 13.9. The fourth-order valence-corrected chi connectivity index (χ4v) is 5.36. The van der Waals surface area contributed by atoms with Crippen LogP contribution in [-0.2, 0) is 9.53 Å². The lowest BCUT2D eigenvalue weighted by Crippen LogP contribution is -2.40. The predicted molar refractivity (Wildman–Crippen MR) is 145 cm³/mol. The Kier molecular flexibility index (Phi) is 7.83. The molecule has 0 N–H and O–H groups in total. The summed E-state index contributed by atoms with van der Waals surface area (Å²) in [7, 11) is 5.51. The molecule has 2 heterocycles. The molecule has 8 nitrogen and oxygen atoms in total. The van der Waals surface area contributed by atoms with Crippen molar-refractivity contribution < 1.29 is 19.0 Å². The molecule has 1 aliphatic heterocycles. The van der Waals surface area contributed by atoms with E-state index in [1.807, 2.05) is 68.4 Å². The number of ether oxygens (including phenoxy) is 3. The smallest absolute Gasteiger partial charge is 0.338 e. The predicted octanol–water partition coefficient (Wildman–Crippen LogP) is 3.27. The number of esters is 1. The van der Waals surface area contributed by atoms with E-state index >= 15 is 0 Å². The summed E-state index contributed by atoms with van der Waals surface area (Å²) >= 11 is 1.29. The molecule has 9 heteroatoms. The van der Waals surface area contributed by atoms with Crippen molar-refractivity contribution in [1.82, 2.24) is 4.57 Å². The molecule has 1 aliphatic rings. The van der Waals surface area contributed by atoms with E-state index < -0.39 is 12.0 Å². The molecule has 1 atom stereocenters. The third kappa shape index (κ3) is 5.04. The summed E-state index contributed by atoms with van der Waals surface area (Å²) in [6.07, 6.45) is 1.85. The van der Waals surface area contributed by atoms with Crippen LogP contribution in [0.3, 0.4) is 0 Å². The summed E-state index contributed by atoms with van der Waals surface area (Å²) in [5, 5.41) is 0.